The zero-order chi connectivity index (χ0) is 18.8. The molecule has 1 aromatic heterocycles. The van der Waals surface area contributed by atoms with Crippen LogP contribution in [0.2, 0.25) is 5.02 Å². The van der Waals surface area contributed by atoms with Crippen LogP contribution in [0, 0.1) is 5.82 Å². The maximum Gasteiger partial charge on any atom is 0.240 e. The number of aromatic nitrogens is 2. The summed E-state index contributed by atoms with van der Waals surface area (Å²) in [4.78, 5) is 25.5. The van der Waals surface area contributed by atoms with E-state index >= 15 is 0 Å². The van der Waals surface area contributed by atoms with Crippen molar-refractivity contribution in [1.29, 1.82) is 0 Å². The summed E-state index contributed by atoms with van der Waals surface area (Å²) >= 11 is 6.15. The highest BCUT2D eigenvalue weighted by molar-refractivity contribution is 6.31. The number of hydrogen-bond acceptors (Lipinski definition) is 3. The lowest BCUT2D eigenvalue weighted by molar-refractivity contribution is -0.125. The minimum Gasteiger partial charge on any atom is -0.325 e. The topological polar surface area (TPSA) is 76.0 Å². The molecule has 0 aliphatic carbocycles. The number of benzene rings is 2. The second kappa shape index (κ2) is 5.40. The van der Waals surface area contributed by atoms with Crippen LogP contribution < -0.4 is 10.6 Å². The van der Waals surface area contributed by atoms with Crippen LogP contribution in [0.5, 0.6) is 0 Å². The number of anilines is 2. The Labute approximate surface area is 157 Å². The molecule has 1 atom stereocenters. The number of halogens is 2. The number of carbonyl (C=O) groups excluding carboxylic acids is 2. The number of fused-ring (bicyclic) bond motifs is 4. The van der Waals surface area contributed by atoms with Crippen LogP contribution in [0.4, 0.5) is 15.9 Å². The normalized spacial score (nSPS) is 20.2. The van der Waals surface area contributed by atoms with Crippen LogP contribution >= 0.6 is 11.6 Å². The minimum atomic E-state index is -1.22. The first-order chi connectivity index (χ1) is 13.0. The third-order valence-corrected chi connectivity index (χ3v) is 5.28. The number of hydrogen-bond donors (Lipinski definition) is 2. The molecule has 0 saturated heterocycles. The molecular formula is C19H12ClFN4O2. The fraction of sp³-hybridized carbons (Fsp3) is 0.105. The predicted molar refractivity (Wildman–Crippen MR) is 97.6 cm³/mol. The zero-order valence-corrected chi connectivity index (χ0v) is 14.5. The van der Waals surface area contributed by atoms with Crippen LogP contribution in [0.3, 0.4) is 0 Å². The standard InChI is InChI=1S/C19H12ClFN4O2/c20-10-4-5-15-13(6-10)19(18(27)23-15)8-16(26)24-17-14(19)9-22-25(17)12-3-1-2-11(21)7-12/h1-7,9H,8H2,(H,23,27)(H,24,26)/t19-/m0/s1. The maximum atomic E-state index is 13.7. The van der Waals surface area contributed by atoms with E-state index in [0.29, 0.717) is 33.3 Å². The van der Waals surface area contributed by atoms with Crippen molar-refractivity contribution in [3.8, 4) is 5.69 Å². The first kappa shape index (κ1) is 16.0. The Morgan fingerprint density at radius 2 is 1.96 bits per heavy atom. The number of rotatable bonds is 1. The van der Waals surface area contributed by atoms with Gasteiger partial charge in [0.2, 0.25) is 11.8 Å². The van der Waals surface area contributed by atoms with E-state index in [1.54, 1.807) is 30.3 Å². The van der Waals surface area contributed by atoms with Crippen molar-refractivity contribution in [2.45, 2.75) is 11.8 Å². The van der Waals surface area contributed by atoms with Crippen molar-refractivity contribution in [3.05, 3.63) is 70.6 Å². The van der Waals surface area contributed by atoms with Gasteiger partial charge in [-0.05, 0) is 42.0 Å². The first-order valence-corrected chi connectivity index (χ1v) is 8.62. The van der Waals surface area contributed by atoms with Crippen LogP contribution in [0.15, 0.2) is 48.7 Å². The molecule has 6 nitrogen and oxygen atoms in total. The lowest BCUT2D eigenvalue weighted by Gasteiger charge is -2.31. The van der Waals surface area contributed by atoms with Gasteiger partial charge < -0.3 is 10.6 Å². The Balaban J connectivity index is 1.77. The Morgan fingerprint density at radius 1 is 1.11 bits per heavy atom. The molecule has 2 amide bonds. The Hall–Kier alpha value is -3.19. The summed E-state index contributed by atoms with van der Waals surface area (Å²) in [6.07, 6.45) is 1.48. The molecule has 3 heterocycles. The van der Waals surface area contributed by atoms with Crippen LogP contribution in [0.1, 0.15) is 17.5 Å². The van der Waals surface area contributed by atoms with E-state index in [2.05, 4.69) is 15.7 Å². The molecule has 2 aliphatic rings. The van der Waals surface area contributed by atoms with Gasteiger partial charge >= 0.3 is 0 Å². The lowest BCUT2D eigenvalue weighted by atomic mass is 9.72. The van der Waals surface area contributed by atoms with Gasteiger partial charge in [0, 0.05) is 22.7 Å². The summed E-state index contributed by atoms with van der Waals surface area (Å²) in [7, 11) is 0. The van der Waals surface area contributed by atoms with Gasteiger partial charge in [-0.2, -0.15) is 5.10 Å². The molecule has 3 aromatic rings. The summed E-state index contributed by atoms with van der Waals surface area (Å²) < 4.78 is 15.1. The van der Waals surface area contributed by atoms with Crippen LogP contribution in [0.25, 0.3) is 5.69 Å². The molecule has 27 heavy (non-hydrogen) atoms. The molecule has 0 unspecified atom stereocenters. The molecular weight excluding hydrogens is 371 g/mol. The van der Waals surface area contributed by atoms with Gasteiger partial charge in [0.15, 0.2) is 0 Å². The maximum absolute atomic E-state index is 13.7. The Kier molecular flexibility index (Phi) is 3.21. The highest BCUT2D eigenvalue weighted by Crippen LogP contribution is 2.50. The van der Waals surface area contributed by atoms with E-state index in [1.807, 2.05) is 0 Å². The minimum absolute atomic E-state index is 0.0615. The van der Waals surface area contributed by atoms with E-state index < -0.39 is 11.2 Å². The molecule has 0 saturated carbocycles. The number of amides is 2. The van der Waals surface area contributed by atoms with Crippen LogP contribution in [-0.2, 0) is 15.0 Å². The molecule has 0 radical (unpaired) electrons. The SMILES string of the molecule is O=C1C[C@@]2(C(=O)Nc3ccc(Cl)cc32)c2cnn(-c3cccc(F)c3)c2N1. The van der Waals surface area contributed by atoms with E-state index in [9.17, 15) is 14.0 Å². The van der Waals surface area contributed by atoms with E-state index in [-0.39, 0.29) is 18.2 Å². The van der Waals surface area contributed by atoms with E-state index in [1.165, 1.54) is 23.0 Å². The molecule has 2 N–H and O–H groups in total. The summed E-state index contributed by atoms with van der Waals surface area (Å²) in [6.45, 7) is 0. The largest absolute Gasteiger partial charge is 0.325 e. The Morgan fingerprint density at radius 3 is 2.78 bits per heavy atom. The molecule has 1 spiro atoms. The molecule has 5 rings (SSSR count). The van der Waals surface area contributed by atoms with Crippen molar-refractivity contribution in [2.75, 3.05) is 10.6 Å². The van der Waals surface area contributed by atoms with Gasteiger partial charge in [-0.25, -0.2) is 9.07 Å². The highest BCUT2D eigenvalue weighted by atomic mass is 35.5. The molecule has 2 aromatic carbocycles. The van der Waals surface area contributed by atoms with Gasteiger partial charge in [-0.3, -0.25) is 9.59 Å². The Bertz CT molecular complexity index is 1140. The van der Waals surface area contributed by atoms with E-state index in [4.69, 9.17) is 11.6 Å². The summed E-state index contributed by atoms with van der Waals surface area (Å²) in [5.41, 5.74) is 1.02. The highest BCUT2D eigenvalue weighted by Gasteiger charge is 2.54. The van der Waals surface area contributed by atoms with Crippen molar-refractivity contribution >= 4 is 34.9 Å². The number of nitrogens with one attached hydrogen (secondary N) is 2. The molecule has 2 aliphatic heterocycles. The second-order valence-corrected chi connectivity index (χ2v) is 7.01. The van der Waals surface area contributed by atoms with Crippen molar-refractivity contribution in [3.63, 3.8) is 0 Å². The molecule has 0 bridgehead atoms. The number of nitrogens with zero attached hydrogens (tertiary/aromatic N) is 2. The van der Waals surface area contributed by atoms with Crippen molar-refractivity contribution < 1.29 is 14.0 Å². The second-order valence-electron chi connectivity index (χ2n) is 6.57. The third kappa shape index (κ3) is 2.15. The van der Waals surface area contributed by atoms with E-state index in [0.717, 1.165) is 0 Å². The van der Waals surface area contributed by atoms with Gasteiger partial charge in [-0.15, -0.1) is 0 Å². The summed E-state index contributed by atoms with van der Waals surface area (Å²) in [5.74, 6) is -0.720. The molecule has 134 valence electrons. The van der Waals surface area contributed by atoms with Gasteiger partial charge in [-0.1, -0.05) is 17.7 Å². The van der Waals surface area contributed by atoms with Crippen molar-refractivity contribution in [2.24, 2.45) is 0 Å². The van der Waals surface area contributed by atoms with Gasteiger partial charge in [0.05, 0.1) is 11.9 Å². The first-order valence-electron chi connectivity index (χ1n) is 8.25. The quantitative estimate of drug-likeness (QED) is 0.678. The average Bonchev–Trinajstić information content (AvgIpc) is 3.16. The van der Waals surface area contributed by atoms with Crippen LogP contribution in [-0.4, -0.2) is 21.6 Å². The fourth-order valence-corrected chi connectivity index (χ4v) is 4.04. The predicted octanol–water partition coefficient (Wildman–Crippen LogP) is 3.25. The molecule has 0 fully saturated rings. The number of carbonyl (C=O) groups is 2. The summed E-state index contributed by atoms with van der Waals surface area (Å²) in [6, 6.07) is 10.9. The smallest absolute Gasteiger partial charge is 0.240 e. The van der Waals surface area contributed by atoms with Crippen molar-refractivity contribution in [1.82, 2.24) is 9.78 Å². The average molecular weight is 383 g/mol. The lowest BCUT2D eigenvalue weighted by Crippen LogP contribution is -2.43. The van der Waals surface area contributed by atoms with Gasteiger partial charge in [0.25, 0.3) is 0 Å². The monoisotopic (exact) mass is 382 g/mol. The zero-order valence-electron chi connectivity index (χ0n) is 13.8. The van der Waals surface area contributed by atoms with Gasteiger partial charge in [0.1, 0.15) is 17.1 Å². The fourth-order valence-electron chi connectivity index (χ4n) is 3.87. The molecule has 8 heteroatoms. The summed E-state index contributed by atoms with van der Waals surface area (Å²) in [5, 5.41) is 10.4. The third-order valence-electron chi connectivity index (χ3n) is 5.04.